The Hall–Kier alpha value is -2.59. The molecule has 0 unspecified atom stereocenters. The summed E-state index contributed by atoms with van der Waals surface area (Å²) in [5.74, 6) is 1.30. The van der Waals surface area contributed by atoms with Gasteiger partial charge >= 0.3 is 12.2 Å². The van der Waals surface area contributed by atoms with E-state index in [2.05, 4.69) is 0 Å². The predicted octanol–water partition coefficient (Wildman–Crippen LogP) is 7.02. The summed E-state index contributed by atoms with van der Waals surface area (Å²) in [4.78, 5) is 27.0. The minimum Gasteiger partial charge on any atom is -0.497 e. The molecule has 0 aliphatic heterocycles. The number of benzene rings is 2. The molecule has 0 aliphatic rings. The summed E-state index contributed by atoms with van der Waals surface area (Å²) in [5.41, 5.74) is 0.640. The maximum Gasteiger partial charge on any atom is 0.508 e. The van der Waals surface area contributed by atoms with Crippen LogP contribution in [0.15, 0.2) is 48.5 Å². The van der Waals surface area contributed by atoms with Gasteiger partial charge in [-0.15, -0.1) is 0 Å². The molecule has 2 atom stereocenters. The zero-order valence-electron chi connectivity index (χ0n) is 23.2. The van der Waals surface area contributed by atoms with Crippen LogP contribution in [0, 0.1) is 0 Å². The second-order valence-corrected chi connectivity index (χ2v) is 12.3. The molecule has 0 fully saturated rings. The molecule has 2 aromatic rings. The van der Waals surface area contributed by atoms with Crippen LogP contribution >= 0.6 is 34.8 Å². The van der Waals surface area contributed by atoms with Crippen molar-refractivity contribution >= 4 is 47.1 Å². The van der Waals surface area contributed by atoms with Crippen molar-refractivity contribution in [2.24, 2.45) is 0 Å². The van der Waals surface area contributed by atoms with Crippen LogP contribution in [-0.4, -0.2) is 65.6 Å². The lowest BCUT2D eigenvalue weighted by Crippen LogP contribution is -2.40. The second-order valence-electron chi connectivity index (χ2n) is 9.83. The molecule has 0 aromatic heterocycles. The number of nitrogens with zero attached hydrogens (tertiary/aromatic N) is 1. The Bertz CT molecular complexity index is 1070. The highest BCUT2D eigenvalue weighted by Gasteiger charge is 2.31. The third kappa shape index (κ3) is 11.9. The number of amides is 1. The van der Waals surface area contributed by atoms with E-state index in [0.29, 0.717) is 17.1 Å². The summed E-state index contributed by atoms with van der Waals surface area (Å²) < 4.78 is 24.4. The van der Waals surface area contributed by atoms with E-state index in [1.807, 2.05) is 12.1 Å². The number of carbonyl (C=O) groups excluding carboxylic acids is 2. The Labute approximate surface area is 250 Å². The van der Waals surface area contributed by atoms with Gasteiger partial charge in [0, 0.05) is 13.0 Å². The quantitative estimate of drug-likeness (QED) is 0.199. The maximum atomic E-state index is 13.4. The first-order valence-electron chi connectivity index (χ1n) is 12.5. The van der Waals surface area contributed by atoms with Gasteiger partial charge in [0.25, 0.3) is 0 Å². The first-order chi connectivity index (χ1) is 18.7. The van der Waals surface area contributed by atoms with Gasteiger partial charge in [-0.1, -0.05) is 59.1 Å². The number of hydrogen-bond acceptors (Lipinski definition) is 8. The minimum absolute atomic E-state index is 0.115. The van der Waals surface area contributed by atoms with Crippen molar-refractivity contribution in [1.82, 2.24) is 4.90 Å². The van der Waals surface area contributed by atoms with Crippen LogP contribution in [0.5, 0.6) is 11.5 Å². The summed E-state index contributed by atoms with van der Waals surface area (Å²) in [5, 5.41) is 10.9. The maximum absolute atomic E-state index is 13.4. The van der Waals surface area contributed by atoms with Gasteiger partial charge in [-0.05, 0) is 62.6 Å². The van der Waals surface area contributed by atoms with E-state index < -0.39 is 40.4 Å². The SMILES string of the molecule is COc1ccc([C@@H](O)CCN(C(=O)OC(C)(C)C)[C@@H](CCOC(=O)OCC(Cl)(Cl)Cl)c2ccc(OC)cc2)cc1. The number of alkyl halides is 3. The van der Waals surface area contributed by atoms with Gasteiger partial charge in [0.2, 0.25) is 3.79 Å². The first-order valence-corrected chi connectivity index (χ1v) is 13.7. The molecule has 1 N–H and O–H groups in total. The van der Waals surface area contributed by atoms with E-state index in [4.69, 9.17) is 58.5 Å². The Morgan fingerprint density at radius 3 is 1.85 bits per heavy atom. The van der Waals surface area contributed by atoms with Gasteiger partial charge in [0.05, 0.1) is 33.0 Å². The molecular formula is C28H36Cl3NO8. The molecule has 222 valence electrons. The highest BCUT2D eigenvalue weighted by molar-refractivity contribution is 6.67. The fourth-order valence-corrected chi connectivity index (χ4v) is 3.88. The molecule has 0 aliphatic carbocycles. The summed E-state index contributed by atoms with van der Waals surface area (Å²) in [7, 11) is 3.12. The third-order valence-corrected chi connectivity index (χ3v) is 5.94. The molecule has 0 radical (unpaired) electrons. The van der Waals surface area contributed by atoms with E-state index >= 15 is 0 Å². The molecule has 40 heavy (non-hydrogen) atoms. The van der Waals surface area contributed by atoms with Gasteiger partial charge in [0.1, 0.15) is 23.7 Å². The van der Waals surface area contributed by atoms with Crippen LogP contribution in [0.4, 0.5) is 9.59 Å². The molecular weight excluding hydrogens is 585 g/mol. The van der Waals surface area contributed by atoms with Gasteiger partial charge in [0.15, 0.2) is 0 Å². The van der Waals surface area contributed by atoms with E-state index in [-0.39, 0.29) is 26.0 Å². The number of halogens is 3. The normalized spacial score (nSPS) is 13.1. The Balaban J connectivity index is 2.28. The summed E-state index contributed by atoms with van der Waals surface area (Å²) in [6, 6.07) is 13.6. The smallest absolute Gasteiger partial charge is 0.497 e. The molecule has 12 heteroatoms. The van der Waals surface area contributed by atoms with E-state index in [9.17, 15) is 14.7 Å². The topological polar surface area (TPSA) is 104 Å². The summed E-state index contributed by atoms with van der Waals surface area (Å²) in [6.45, 7) is 4.84. The lowest BCUT2D eigenvalue weighted by Gasteiger charge is -2.34. The number of rotatable bonds is 12. The molecule has 0 bridgehead atoms. The first kappa shape index (κ1) is 33.6. The average Bonchev–Trinajstić information content (AvgIpc) is 2.89. The number of aliphatic hydroxyl groups excluding tert-OH is 1. The van der Waals surface area contributed by atoms with E-state index in [0.717, 1.165) is 5.56 Å². The molecule has 0 heterocycles. The van der Waals surface area contributed by atoms with Gasteiger partial charge in [-0.25, -0.2) is 9.59 Å². The fourth-order valence-electron chi connectivity index (χ4n) is 3.71. The van der Waals surface area contributed by atoms with Crippen molar-refractivity contribution in [3.05, 3.63) is 59.7 Å². The number of hydrogen-bond donors (Lipinski definition) is 1. The molecule has 1 amide bonds. The fraction of sp³-hybridized carbons (Fsp3) is 0.500. The molecule has 9 nitrogen and oxygen atoms in total. The van der Waals surface area contributed by atoms with Crippen molar-refractivity contribution < 1.29 is 38.4 Å². The molecule has 0 spiro atoms. The van der Waals surface area contributed by atoms with Crippen molar-refractivity contribution in [3.8, 4) is 11.5 Å². The molecule has 0 saturated carbocycles. The van der Waals surface area contributed by atoms with Crippen molar-refractivity contribution in [2.75, 3.05) is 34.0 Å². The largest absolute Gasteiger partial charge is 0.508 e. The van der Waals surface area contributed by atoms with Gasteiger partial charge < -0.3 is 33.7 Å². The van der Waals surface area contributed by atoms with Crippen molar-refractivity contribution in [3.63, 3.8) is 0 Å². The van der Waals surface area contributed by atoms with E-state index in [1.165, 1.54) is 4.90 Å². The van der Waals surface area contributed by atoms with E-state index in [1.54, 1.807) is 71.4 Å². The molecule has 2 rings (SSSR count). The second kappa shape index (κ2) is 15.4. The number of carbonyl (C=O) groups is 2. The van der Waals surface area contributed by atoms with Crippen LogP contribution in [0.25, 0.3) is 0 Å². The number of ether oxygens (including phenoxy) is 5. The van der Waals surface area contributed by atoms with Crippen LogP contribution in [0.1, 0.15) is 56.9 Å². The zero-order chi connectivity index (χ0) is 29.9. The lowest BCUT2D eigenvalue weighted by atomic mass is 10.0. The summed E-state index contributed by atoms with van der Waals surface area (Å²) in [6.07, 6.45) is -2.06. The van der Waals surface area contributed by atoms with Crippen LogP contribution in [0.2, 0.25) is 0 Å². The number of methoxy groups -OCH3 is 2. The standard InChI is InChI=1S/C28H36Cl3NO8/c1-27(2,3)40-25(34)32(16-14-24(33)20-8-12-22(37-5)13-9-20)23(19-6-10-21(36-4)11-7-19)15-17-38-26(35)39-18-28(29,30)31/h6-13,23-24,33H,14-18H2,1-5H3/t23-,24-/m0/s1. The Morgan fingerprint density at radius 1 is 0.850 bits per heavy atom. The van der Waals surface area contributed by atoms with Gasteiger partial charge in [-0.2, -0.15) is 0 Å². The van der Waals surface area contributed by atoms with Crippen LogP contribution in [0.3, 0.4) is 0 Å². The van der Waals surface area contributed by atoms with Crippen LogP contribution in [-0.2, 0) is 14.2 Å². The zero-order valence-corrected chi connectivity index (χ0v) is 25.5. The average molecular weight is 621 g/mol. The van der Waals surface area contributed by atoms with Crippen molar-refractivity contribution in [1.29, 1.82) is 0 Å². The summed E-state index contributed by atoms with van der Waals surface area (Å²) >= 11 is 16.9. The highest BCUT2D eigenvalue weighted by atomic mass is 35.6. The third-order valence-electron chi connectivity index (χ3n) is 5.61. The lowest BCUT2D eigenvalue weighted by molar-refractivity contribution is 0.00719. The minimum atomic E-state index is -1.77. The van der Waals surface area contributed by atoms with Crippen LogP contribution < -0.4 is 9.47 Å². The van der Waals surface area contributed by atoms with Crippen molar-refractivity contribution in [2.45, 2.75) is 55.2 Å². The van der Waals surface area contributed by atoms with Gasteiger partial charge in [-0.3, -0.25) is 0 Å². The molecule has 2 aromatic carbocycles. The molecule has 0 saturated heterocycles. The highest BCUT2D eigenvalue weighted by Crippen LogP contribution is 2.31. The Kier molecular flexibility index (Phi) is 13.0. The Morgan fingerprint density at radius 2 is 1.38 bits per heavy atom. The monoisotopic (exact) mass is 619 g/mol. The number of aliphatic hydroxyl groups is 1. The predicted molar refractivity (Wildman–Crippen MR) is 153 cm³/mol.